The Morgan fingerprint density at radius 1 is 0.244 bits per heavy atom. The fourth-order valence-electron chi connectivity index (χ4n) is 12.1. The zero-order valence-corrected chi connectivity index (χ0v) is 86.4. The van der Waals surface area contributed by atoms with Crippen LogP contribution in [0.2, 0.25) is 0 Å². The molecule has 0 aliphatic heterocycles. The second-order valence-electron chi connectivity index (χ2n) is 34.2. The molecule has 0 bridgehead atoms. The van der Waals surface area contributed by atoms with Crippen molar-refractivity contribution in [2.24, 2.45) is 0 Å². The predicted octanol–water partition coefficient (Wildman–Crippen LogP) is 30.2. The number of aromatic carboxylic acids is 1. The Hall–Kier alpha value is -12.6. The van der Waals surface area contributed by atoms with Gasteiger partial charge in [-0.15, -0.1) is 0 Å². The lowest BCUT2D eigenvalue weighted by molar-refractivity contribution is 0.0591. The smallest absolute Gasteiger partial charge is 0.337 e. The maximum atomic E-state index is 11.7. The summed E-state index contributed by atoms with van der Waals surface area (Å²) in [7, 11) is 8.95. The van der Waals surface area contributed by atoms with Crippen LogP contribution >= 0.6 is 0 Å². The molecule has 0 amide bonds. The number of hydrogen-bond donors (Lipinski definition) is 3. The molecule has 5 N–H and O–H groups in total. The van der Waals surface area contributed by atoms with Crippen LogP contribution in [0, 0.1) is 0 Å². The highest BCUT2D eigenvalue weighted by molar-refractivity contribution is 5.92. The van der Waals surface area contributed by atoms with Crippen LogP contribution in [0.1, 0.15) is 283 Å². The molecule has 135 heavy (non-hydrogen) atoms. The zero-order valence-electron chi connectivity index (χ0n) is 86.4. The average molecular weight is 1860 g/mol. The minimum Gasteiger partial charge on any atom is -0.493 e. The first-order valence-electron chi connectivity index (χ1n) is 46.5. The minimum absolute atomic E-state index is 0.240. The molecule has 0 atom stereocenters. The number of methoxy groups -OCH3 is 6. The molecule has 6 aromatic carbocycles. The summed E-state index contributed by atoms with van der Waals surface area (Å²) in [5.41, 5.74) is 33.2. The molecule has 0 aromatic heterocycles. The van der Waals surface area contributed by atoms with Gasteiger partial charge >= 0.3 is 23.9 Å². The fourth-order valence-corrected chi connectivity index (χ4v) is 12.1. The van der Waals surface area contributed by atoms with Gasteiger partial charge in [-0.05, 0) is 375 Å². The number of anilines is 2. The molecule has 0 unspecified atom stereocenters. The number of benzene rings is 6. The third-order valence-electron chi connectivity index (χ3n) is 20.3. The molecule has 0 fully saturated rings. The Labute approximate surface area is 811 Å². The summed E-state index contributed by atoms with van der Waals surface area (Å²) in [6, 6.07) is 36.7. The number of allylic oxidation sites excluding steroid dienone is 22. The highest BCUT2D eigenvalue weighted by atomic mass is 16.5. The molecule has 0 spiro atoms. The lowest BCUT2D eigenvalue weighted by Crippen LogP contribution is -2.04. The number of nitrogens with two attached hydrogens (primary N) is 2. The van der Waals surface area contributed by atoms with Crippen molar-refractivity contribution in [1.29, 1.82) is 0 Å². The lowest BCUT2D eigenvalue weighted by atomic mass is 10.1. The summed E-state index contributed by atoms with van der Waals surface area (Å²) in [5.74, 6) is 3.68. The monoisotopic (exact) mass is 1860 g/mol. The quantitative estimate of drug-likeness (QED) is 0.0139. The van der Waals surface area contributed by atoms with Crippen LogP contribution in [0.5, 0.6) is 51.7 Å². The summed E-state index contributed by atoms with van der Waals surface area (Å²) in [6.45, 7) is 45.4. The molecule has 738 valence electrons. The number of hydrogen-bond acceptors (Lipinski definition) is 18. The molecule has 0 radical (unpaired) electrons. The molecular weight excluding hydrogens is 1690 g/mol. The van der Waals surface area contributed by atoms with Crippen molar-refractivity contribution in [2.75, 3.05) is 93.8 Å². The van der Waals surface area contributed by atoms with Gasteiger partial charge in [0.05, 0.1) is 76.3 Å². The van der Waals surface area contributed by atoms with E-state index in [1.165, 1.54) is 111 Å². The zero-order chi connectivity index (χ0) is 101. The molecule has 0 saturated heterocycles. The summed E-state index contributed by atoms with van der Waals surface area (Å²) < 4.78 is 64.0. The molecule has 0 aliphatic carbocycles. The number of carboxylic acid groups (broad SMARTS) is 1. The molecular formula is C116H162N2O17. The lowest BCUT2D eigenvalue weighted by Gasteiger charge is -2.11. The summed E-state index contributed by atoms with van der Waals surface area (Å²) >= 11 is 0. The maximum Gasteiger partial charge on any atom is 0.337 e. The number of ether oxygens (including phenoxy) is 12. The number of para-hydroxylation sites is 4. The fraction of sp³-hybridized carbons (Fsp3) is 0.414. The predicted molar refractivity (Wildman–Crippen MR) is 562 cm³/mol. The van der Waals surface area contributed by atoms with Crippen molar-refractivity contribution in [3.63, 3.8) is 0 Å². The van der Waals surface area contributed by atoms with Crippen molar-refractivity contribution in [1.82, 2.24) is 0 Å². The van der Waals surface area contributed by atoms with Gasteiger partial charge in [0.15, 0.2) is 34.5 Å². The Morgan fingerprint density at radius 2 is 0.489 bits per heavy atom. The van der Waals surface area contributed by atoms with Crippen molar-refractivity contribution >= 4 is 35.3 Å². The van der Waals surface area contributed by atoms with Gasteiger partial charge in [-0.25, -0.2) is 19.2 Å². The van der Waals surface area contributed by atoms with E-state index in [0.717, 1.165) is 126 Å². The van der Waals surface area contributed by atoms with Gasteiger partial charge in [0.2, 0.25) is 0 Å². The third-order valence-corrected chi connectivity index (χ3v) is 20.3. The van der Waals surface area contributed by atoms with Gasteiger partial charge in [0.1, 0.15) is 56.9 Å². The van der Waals surface area contributed by atoms with Gasteiger partial charge in [0, 0.05) is 0 Å². The van der Waals surface area contributed by atoms with Gasteiger partial charge in [-0.2, -0.15) is 0 Å². The average Bonchev–Trinajstić information content (AvgIpc) is 0.856. The Morgan fingerprint density at radius 3 is 0.770 bits per heavy atom. The van der Waals surface area contributed by atoms with Crippen LogP contribution in [0.4, 0.5) is 11.4 Å². The van der Waals surface area contributed by atoms with E-state index in [1.807, 2.05) is 74.5 Å². The largest absolute Gasteiger partial charge is 0.493 e. The second kappa shape index (κ2) is 72.8. The van der Waals surface area contributed by atoms with Crippen LogP contribution in [-0.2, 0) is 14.2 Å². The van der Waals surface area contributed by atoms with Gasteiger partial charge in [-0.1, -0.05) is 157 Å². The van der Waals surface area contributed by atoms with Crippen molar-refractivity contribution < 1.29 is 81.1 Å². The van der Waals surface area contributed by atoms with E-state index in [9.17, 15) is 19.2 Å². The number of nitrogen functional groups attached to an aromatic ring is 2. The van der Waals surface area contributed by atoms with Gasteiger partial charge < -0.3 is 73.4 Å². The van der Waals surface area contributed by atoms with E-state index < -0.39 is 23.9 Å². The summed E-state index contributed by atoms with van der Waals surface area (Å²) in [6.07, 6.45) is 47.9. The minimum atomic E-state index is -0.942. The van der Waals surface area contributed by atoms with E-state index in [4.69, 9.17) is 68.7 Å². The van der Waals surface area contributed by atoms with Gasteiger partial charge in [-0.3, -0.25) is 0 Å². The van der Waals surface area contributed by atoms with E-state index in [-0.39, 0.29) is 5.56 Å². The summed E-state index contributed by atoms with van der Waals surface area (Å²) in [5, 5.41) is 8.76. The van der Waals surface area contributed by atoms with Crippen LogP contribution < -0.4 is 54.1 Å². The first-order valence-corrected chi connectivity index (χ1v) is 46.5. The Bertz CT molecular complexity index is 4980. The highest BCUT2D eigenvalue weighted by Crippen LogP contribution is 2.32. The Kier molecular flexibility index (Phi) is 64.9. The SMILES string of the molecule is CC(C)=CCOc1cccc(C(=O)O)c1.COC(=O)c1ccc(N)c(OC/C=C(\C)CC/C=C(\C)CCC=C(C)C)c1.COC(=O)c1ccc(N)c(OC/C=C(\C)CCC=C(C)C)c1.COC(=O)c1ccc(OC)c(OC/C=C(\C)CC/C=C(\C)CCC=C(C)C)c1.COc1ccccc1OC/C=C(\C)CC/C=C(\C)CCC=C(C)C.COc1ccccc1OC/C=C(\C)CCC=C(C)C. The number of rotatable bonds is 49. The normalized spacial score (nSPS) is 11.4. The molecule has 19 heteroatoms. The molecule has 0 heterocycles. The van der Waals surface area contributed by atoms with E-state index in [2.05, 4.69) is 202 Å². The first kappa shape index (κ1) is 120. The topological polar surface area (TPSA) is 251 Å². The van der Waals surface area contributed by atoms with Crippen LogP contribution in [0.15, 0.2) is 290 Å². The van der Waals surface area contributed by atoms with Gasteiger partial charge in [0.25, 0.3) is 0 Å². The highest BCUT2D eigenvalue weighted by Gasteiger charge is 2.15. The summed E-state index contributed by atoms with van der Waals surface area (Å²) in [4.78, 5) is 45.4. The van der Waals surface area contributed by atoms with E-state index in [1.54, 1.807) is 88.1 Å². The first-order chi connectivity index (χ1) is 64.4. The van der Waals surface area contributed by atoms with E-state index in [0.29, 0.717) is 96.5 Å². The molecule has 6 aromatic rings. The standard InChI is InChI=1S/C24H34O4.C23H33NO3.C22H32O2.C18H25NO3.C17H24O2.C12H14O3/c1-18(2)9-7-10-19(3)11-8-12-20(4)15-16-28-23-17-21(24(25)27-6)13-14-22(23)26-5;1-17(2)8-6-9-18(3)10-7-11-19(4)14-15-27-22-16-20(23(25)26-5)12-13-21(22)24;1-18(2)10-8-11-19(3)12-9-13-20(4)16-17-24-22-15-7-6-14-21(22)23-5;1-13(2)6-5-7-14(3)10-11-22-17-12-15(18(20)21-4)8-9-16(17)19;1-14(2)8-7-9-15(3)12-13-19-17-11-6-5-10-16(17)18-4;1-9(2)6-7-15-11-5-3-4-10(8-11)12(13)14/h9,11,13-15,17H,7-8,10,12,16H2,1-6H3;8,10,12-14,16H,6-7,9,11,15,24H2,1-5H3;6-7,10,12,14-16H,8-9,11,13,17H2,1-5H3;6,8-10,12H,5,7,11,19H2,1-4H3;5-6,8,10-12H,7,9,13H2,1-4H3;3-6,8H,7H2,1-2H3,(H,13,14)/b19-11+,20-15+;18-10+,19-14+;19-12+,20-16+;14-10+;15-12+;. The van der Waals surface area contributed by atoms with Crippen molar-refractivity contribution in [3.8, 4) is 51.7 Å². The molecule has 0 saturated carbocycles. The number of carbonyl (C=O) groups is 4. The number of carbonyl (C=O) groups excluding carboxylic acids is 3. The maximum absolute atomic E-state index is 11.7. The molecule has 0 aliphatic rings. The molecule has 6 rings (SSSR count). The third kappa shape index (κ3) is 59.6. The van der Waals surface area contributed by atoms with Crippen molar-refractivity contribution in [3.05, 3.63) is 313 Å². The van der Waals surface area contributed by atoms with E-state index >= 15 is 0 Å². The van der Waals surface area contributed by atoms with Crippen LogP contribution in [0.3, 0.4) is 0 Å². The number of carboxylic acids is 1. The molecule has 19 nitrogen and oxygen atoms in total. The van der Waals surface area contributed by atoms with Crippen molar-refractivity contribution in [2.45, 2.75) is 241 Å². The van der Waals surface area contributed by atoms with Crippen LogP contribution in [0.25, 0.3) is 0 Å². The second-order valence-corrected chi connectivity index (χ2v) is 34.2. The number of esters is 3. The van der Waals surface area contributed by atoms with Crippen LogP contribution in [-0.4, -0.2) is 111 Å². The Balaban J connectivity index is 0.000000818.